The highest BCUT2D eigenvalue weighted by Gasteiger charge is 2.20. The number of thioether (sulfide) groups is 1. The average molecular weight is 421 g/mol. The summed E-state index contributed by atoms with van der Waals surface area (Å²) in [6.07, 6.45) is 0. The highest BCUT2D eigenvalue weighted by atomic mass is 32.2. The number of benzene rings is 1. The summed E-state index contributed by atoms with van der Waals surface area (Å²) < 4.78 is 5.09. The topological polar surface area (TPSA) is 84.5 Å². The van der Waals surface area contributed by atoms with Gasteiger partial charge in [-0.25, -0.2) is 4.79 Å². The zero-order valence-corrected chi connectivity index (χ0v) is 18.0. The Labute approximate surface area is 173 Å². The average Bonchev–Trinajstić information content (AvgIpc) is 3.05. The Kier molecular flexibility index (Phi) is 8.07. The highest BCUT2D eigenvalue weighted by Crippen LogP contribution is 2.33. The van der Waals surface area contributed by atoms with Crippen LogP contribution in [-0.4, -0.2) is 30.1 Å². The van der Waals surface area contributed by atoms with Gasteiger partial charge in [-0.3, -0.25) is 9.59 Å². The van der Waals surface area contributed by atoms with Crippen molar-refractivity contribution in [2.75, 3.05) is 23.0 Å². The van der Waals surface area contributed by atoms with Crippen molar-refractivity contribution in [2.24, 2.45) is 0 Å². The van der Waals surface area contributed by atoms with Crippen LogP contribution in [0.5, 0.6) is 0 Å². The van der Waals surface area contributed by atoms with Crippen LogP contribution in [0.1, 0.15) is 48.8 Å². The Morgan fingerprint density at radius 1 is 1.14 bits per heavy atom. The molecule has 2 rings (SSSR count). The normalized spacial score (nSPS) is 10.6. The summed E-state index contributed by atoms with van der Waals surface area (Å²) in [5, 5.41) is 6.05. The lowest BCUT2D eigenvalue weighted by molar-refractivity contribution is -0.114. The summed E-state index contributed by atoms with van der Waals surface area (Å²) in [4.78, 5) is 37.5. The Morgan fingerprint density at radius 2 is 1.82 bits per heavy atom. The Balaban J connectivity index is 2.00. The molecule has 0 aliphatic rings. The van der Waals surface area contributed by atoms with Crippen LogP contribution in [-0.2, 0) is 14.3 Å². The quantitative estimate of drug-likeness (QED) is 0.476. The summed E-state index contributed by atoms with van der Waals surface area (Å²) in [5.74, 6) is -0.300. The monoisotopic (exact) mass is 420 g/mol. The van der Waals surface area contributed by atoms with Crippen molar-refractivity contribution in [2.45, 2.75) is 38.5 Å². The van der Waals surface area contributed by atoms with Crippen LogP contribution < -0.4 is 10.6 Å². The fraction of sp³-hybridized carbons (Fsp3) is 0.350. The van der Waals surface area contributed by atoms with E-state index in [1.165, 1.54) is 30.0 Å². The number of rotatable bonds is 8. The number of esters is 1. The fourth-order valence-corrected chi connectivity index (χ4v) is 4.06. The van der Waals surface area contributed by atoms with Crippen molar-refractivity contribution >= 4 is 51.6 Å². The van der Waals surface area contributed by atoms with E-state index in [0.29, 0.717) is 16.3 Å². The van der Waals surface area contributed by atoms with Gasteiger partial charge in [0.05, 0.1) is 17.9 Å². The number of nitrogens with one attached hydrogen (secondary N) is 2. The van der Waals surface area contributed by atoms with Crippen molar-refractivity contribution in [3.05, 3.63) is 40.8 Å². The molecular formula is C20H24N2O4S2. The van der Waals surface area contributed by atoms with Crippen molar-refractivity contribution in [3.8, 4) is 0 Å². The molecule has 150 valence electrons. The summed E-state index contributed by atoms with van der Waals surface area (Å²) in [6, 6.07) is 9.05. The molecule has 0 saturated heterocycles. The minimum absolute atomic E-state index is 0.131. The number of anilines is 2. The van der Waals surface area contributed by atoms with Gasteiger partial charge in [-0.2, -0.15) is 0 Å². The van der Waals surface area contributed by atoms with Gasteiger partial charge >= 0.3 is 5.97 Å². The molecule has 0 atom stereocenters. The molecule has 0 saturated carbocycles. The molecule has 0 fully saturated rings. The van der Waals surface area contributed by atoms with Gasteiger partial charge in [0.25, 0.3) is 0 Å². The summed E-state index contributed by atoms with van der Waals surface area (Å²) in [7, 11) is 0. The zero-order valence-electron chi connectivity index (χ0n) is 16.3. The van der Waals surface area contributed by atoms with E-state index in [4.69, 9.17) is 4.74 Å². The third-order valence-electron chi connectivity index (χ3n) is 3.61. The molecule has 0 unspecified atom stereocenters. The maximum Gasteiger partial charge on any atom is 0.341 e. The lowest BCUT2D eigenvalue weighted by Gasteiger charge is -2.07. The van der Waals surface area contributed by atoms with Crippen molar-refractivity contribution in [1.82, 2.24) is 0 Å². The molecule has 0 aliphatic carbocycles. The summed E-state index contributed by atoms with van der Waals surface area (Å²) in [5.41, 5.74) is 1.11. The van der Waals surface area contributed by atoms with Crippen LogP contribution in [0.25, 0.3) is 0 Å². The predicted molar refractivity (Wildman–Crippen MR) is 114 cm³/mol. The van der Waals surface area contributed by atoms with E-state index in [0.717, 1.165) is 9.77 Å². The van der Waals surface area contributed by atoms with Gasteiger partial charge in [0.15, 0.2) is 0 Å². The van der Waals surface area contributed by atoms with E-state index in [-0.39, 0.29) is 30.1 Å². The van der Waals surface area contributed by atoms with Crippen LogP contribution >= 0.6 is 23.1 Å². The first-order valence-electron chi connectivity index (χ1n) is 8.91. The molecule has 2 aromatic rings. The fourth-order valence-electron chi connectivity index (χ4n) is 2.30. The van der Waals surface area contributed by atoms with E-state index < -0.39 is 5.97 Å². The SMILES string of the molecule is CCOC(=O)c1cc(C(C)C)sc1NC(=O)CSc1ccc(NC(C)=O)cc1. The third kappa shape index (κ3) is 6.38. The first-order valence-corrected chi connectivity index (χ1v) is 10.7. The third-order valence-corrected chi connectivity index (χ3v) is 5.98. The van der Waals surface area contributed by atoms with Crippen molar-refractivity contribution in [1.29, 1.82) is 0 Å². The maximum absolute atomic E-state index is 12.4. The van der Waals surface area contributed by atoms with Crippen molar-refractivity contribution in [3.63, 3.8) is 0 Å². The Bertz CT molecular complexity index is 844. The van der Waals surface area contributed by atoms with E-state index in [1.807, 2.05) is 26.0 Å². The molecule has 0 aliphatic heterocycles. The molecule has 6 nitrogen and oxygen atoms in total. The largest absolute Gasteiger partial charge is 0.462 e. The second-order valence-electron chi connectivity index (χ2n) is 6.31. The van der Waals surface area contributed by atoms with Crippen LogP contribution in [0, 0.1) is 0 Å². The lowest BCUT2D eigenvalue weighted by atomic mass is 10.1. The molecule has 28 heavy (non-hydrogen) atoms. The van der Waals surface area contributed by atoms with Crippen LogP contribution in [0.4, 0.5) is 10.7 Å². The number of carbonyl (C=O) groups is 3. The number of amides is 2. The van der Waals surface area contributed by atoms with Gasteiger partial charge in [0.2, 0.25) is 11.8 Å². The molecule has 0 spiro atoms. The second kappa shape index (κ2) is 10.3. The highest BCUT2D eigenvalue weighted by molar-refractivity contribution is 8.00. The molecule has 0 radical (unpaired) electrons. The van der Waals surface area contributed by atoms with Gasteiger partial charge in [0.1, 0.15) is 5.00 Å². The van der Waals surface area contributed by atoms with Crippen LogP contribution in [0.2, 0.25) is 0 Å². The minimum Gasteiger partial charge on any atom is -0.462 e. The first kappa shape index (κ1) is 22.0. The number of hydrogen-bond acceptors (Lipinski definition) is 6. The van der Waals surface area contributed by atoms with Crippen LogP contribution in [0.3, 0.4) is 0 Å². The van der Waals surface area contributed by atoms with Gasteiger partial charge in [-0.15, -0.1) is 23.1 Å². The van der Waals surface area contributed by atoms with E-state index >= 15 is 0 Å². The molecule has 1 aromatic heterocycles. The molecule has 2 N–H and O–H groups in total. The number of ether oxygens (including phenoxy) is 1. The number of carbonyl (C=O) groups excluding carboxylic acids is 3. The van der Waals surface area contributed by atoms with Gasteiger partial charge in [-0.1, -0.05) is 13.8 Å². The van der Waals surface area contributed by atoms with E-state index in [1.54, 1.807) is 25.1 Å². The molecule has 8 heteroatoms. The van der Waals surface area contributed by atoms with Gasteiger partial charge in [0, 0.05) is 22.4 Å². The molecule has 1 aromatic carbocycles. The summed E-state index contributed by atoms with van der Waals surface area (Å²) in [6.45, 7) is 7.55. The first-order chi connectivity index (χ1) is 13.3. The predicted octanol–water partition coefficient (Wildman–Crippen LogP) is 4.74. The minimum atomic E-state index is -0.429. The van der Waals surface area contributed by atoms with Crippen molar-refractivity contribution < 1.29 is 19.1 Å². The number of hydrogen-bond donors (Lipinski definition) is 2. The Hall–Kier alpha value is -2.32. The number of thiophene rings is 1. The lowest BCUT2D eigenvalue weighted by Crippen LogP contribution is -2.15. The second-order valence-corrected chi connectivity index (χ2v) is 8.44. The van der Waals surface area contributed by atoms with E-state index in [9.17, 15) is 14.4 Å². The molecule has 1 heterocycles. The molecular weight excluding hydrogens is 396 g/mol. The Morgan fingerprint density at radius 3 is 2.39 bits per heavy atom. The van der Waals surface area contributed by atoms with Crippen LogP contribution in [0.15, 0.2) is 35.2 Å². The zero-order chi connectivity index (χ0) is 20.7. The maximum atomic E-state index is 12.4. The van der Waals surface area contributed by atoms with Gasteiger partial charge in [-0.05, 0) is 43.2 Å². The molecule has 0 bridgehead atoms. The standard InChI is InChI=1S/C20H24N2O4S2/c1-5-26-20(25)16-10-17(12(2)3)28-19(16)22-18(24)11-27-15-8-6-14(7-9-15)21-13(4)23/h6-10,12H,5,11H2,1-4H3,(H,21,23)(H,22,24). The summed E-state index contributed by atoms with van der Waals surface area (Å²) >= 11 is 2.77. The molecule has 2 amide bonds. The smallest absolute Gasteiger partial charge is 0.341 e. The van der Waals surface area contributed by atoms with E-state index in [2.05, 4.69) is 10.6 Å². The van der Waals surface area contributed by atoms with Gasteiger partial charge < -0.3 is 15.4 Å².